The van der Waals surface area contributed by atoms with Crippen molar-refractivity contribution in [3.8, 4) is 0 Å². The van der Waals surface area contributed by atoms with Gasteiger partial charge < -0.3 is 15.1 Å². The van der Waals surface area contributed by atoms with E-state index in [-0.39, 0.29) is 28.2 Å². The van der Waals surface area contributed by atoms with Crippen LogP contribution in [0.4, 0.5) is 10.1 Å². The quantitative estimate of drug-likeness (QED) is 0.389. The maximum absolute atomic E-state index is 14.2. The van der Waals surface area contributed by atoms with E-state index >= 15 is 0 Å². The van der Waals surface area contributed by atoms with Gasteiger partial charge in [-0.15, -0.1) is 0 Å². The standard InChI is InChI=1S/C27H22Cl2FN3O3S2/c1-38(35,36)21-8-6-20(7-9-21)32-14-18-13-25(16-3-2-4-19(30)11-16)33(15-24(18)31-27(32)37)26(34)17-5-10-22(28)23(29)12-17/h2-12,25H,13-15H2,1H3,(H,31,37). The number of hydrogen-bond acceptors (Lipinski definition) is 4. The van der Waals surface area contributed by atoms with Crippen molar-refractivity contribution >= 4 is 62.0 Å². The molecule has 0 radical (unpaired) electrons. The van der Waals surface area contributed by atoms with Crippen LogP contribution in [-0.2, 0) is 9.84 Å². The molecule has 196 valence electrons. The zero-order chi connectivity index (χ0) is 27.2. The number of anilines is 1. The summed E-state index contributed by atoms with van der Waals surface area (Å²) >= 11 is 17.9. The number of carbonyl (C=O) groups is 1. The Hall–Kier alpha value is -2.98. The molecule has 0 fully saturated rings. The average Bonchev–Trinajstić information content (AvgIpc) is 2.88. The summed E-state index contributed by atoms with van der Waals surface area (Å²) in [7, 11) is -3.33. The van der Waals surface area contributed by atoms with Crippen LogP contribution in [0.25, 0.3) is 0 Å². The minimum Gasteiger partial charge on any atom is -0.334 e. The molecule has 1 amide bonds. The smallest absolute Gasteiger partial charge is 0.254 e. The van der Waals surface area contributed by atoms with E-state index in [9.17, 15) is 17.6 Å². The number of thiocarbonyl (C=S) groups is 1. The summed E-state index contributed by atoms with van der Waals surface area (Å²) in [6.07, 6.45) is 1.60. The first-order valence-corrected chi connectivity index (χ1v) is 14.7. The first-order chi connectivity index (χ1) is 18.0. The van der Waals surface area contributed by atoms with Gasteiger partial charge in [-0.1, -0.05) is 35.3 Å². The third-order valence-corrected chi connectivity index (χ3v) is 8.85. The molecule has 2 heterocycles. The van der Waals surface area contributed by atoms with Crippen molar-refractivity contribution in [3.05, 3.63) is 105 Å². The van der Waals surface area contributed by atoms with Crippen molar-refractivity contribution in [3.63, 3.8) is 0 Å². The molecule has 5 rings (SSSR count). The van der Waals surface area contributed by atoms with E-state index in [4.69, 9.17) is 35.4 Å². The minimum absolute atomic E-state index is 0.220. The van der Waals surface area contributed by atoms with E-state index in [1.807, 2.05) is 4.90 Å². The highest BCUT2D eigenvalue weighted by Gasteiger charge is 2.36. The number of benzene rings is 3. The number of nitrogens with zero attached hydrogens (tertiary/aromatic N) is 2. The second-order valence-electron chi connectivity index (χ2n) is 9.20. The van der Waals surface area contributed by atoms with Gasteiger partial charge in [0.2, 0.25) is 0 Å². The monoisotopic (exact) mass is 589 g/mol. The van der Waals surface area contributed by atoms with Crippen LogP contribution >= 0.6 is 35.4 Å². The summed E-state index contributed by atoms with van der Waals surface area (Å²) in [6.45, 7) is 0.677. The SMILES string of the molecule is CS(=O)(=O)c1ccc(N2CC3=C(CN(C(=O)c4ccc(Cl)c(Cl)c4)C(c4cccc(F)c4)C3)NC2=S)cc1. The highest BCUT2D eigenvalue weighted by molar-refractivity contribution is 7.90. The van der Waals surface area contributed by atoms with Gasteiger partial charge in [-0.05, 0) is 84.4 Å². The number of hydrogen-bond donors (Lipinski definition) is 1. The van der Waals surface area contributed by atoms with Crippen LogP contribution in [0.3, 0.4) is 0 Å². The Labute approximate surface area is 235 Å². The van der Waals surface area contributed by atoms with Crippen LogP contribution in [0, 0.1) is 5.82 Å². The van der Waals surface area contributed by atoms with Crippen LogP contribution in [0.15, 0.2) is 82.9 Å². The van der Waals surface area contributed by atoms with Crippen LogP contribution in [0.2, 0.25) is 10.0 Å². The Balaban J connectivity index is 1.49. The molecule has 11 heteroatoms. The Bertz CT molecular complexity index is 1590. The maximum atomic E-state index is 14.2. The van der Waals surface area contributed by atoms with Crippen molar-refractivity contribution in [2.24, 2.45) is 0 Å². The molecule has 0 bridgehead atoms. The lowest BCUT2D eigenvalue weighted by atomic mass is 9.90. The predicted molar refractivity (Wildman–Crippen MR) is 151 cm³/mol. The van der Waals surface area contributed by atoms with Crippen molar-refractivity contribution in [1.29, 1.82) is 0 Å². The molecule has 0 spiro atoms. The normalized spacial score (nSPS) is 17.8. The molecule has 0 saturated carbocycles. The van der Waals surface area contributed by atoms with Gasteiger partial charge in [-0.3, -0.25) is 4.79 Å². The largest absolute Gasteiger partial charge is 0.334 e. The second kappa shape index (κ2) is 10.3. The minimum atomic E-state index is -3.33. The van der Waals surface area contributed by atoms with Gasteiger partial charge in [-0.2, -0.15) is 0 Å². The van der Waals surface area contributed by atoms with Crippen molar-refractivity contribution in [2.45, 2.75) is 17.4 Å². The summed E-state index contributed by atoms with van der Waals surface area (Å²) in [4.78, 5) is 17.4. The van der Waals surface area contributed by atoms with Gasteiger partial charge in [0.15, 0.2) is 14.9 Å². The molecule has 3 aromatic rings. The van der Waals surface area contributed by atoms with E-state index in [0.717, 1.165) is 23.2 Å². The van der Waals surface area contributed by atoms with E-state index in [1.54, 1.807) is 53.4 Å². The number of carbonyl (C=O) groups excluding carboxylic acids is 1. The van der Waals surface area contributed by atoms with Crippen molar-refractivity contribution in [1.82, 2.24) is 10.2 Å². The molecule has 3 aromatic carbocycles. The molecule has 0 aromatic heterocycles. The van der Waals surface area contributed by atoms with Crippen LogP contribution in [-0.4, -0.2) is 43.7 Å². The van der Waals surface area contributed by atoms with Crippen molar-refractivity contribution in [2.75, 3.05) is 24.2 Å². The topological polar surface area (TPSA) is 69.7 Å². The first-order valence-electron chi connectivity index (χ1n) is 11.6. The van der Waals surface area contributed by atoms with Crippen LogP contribution in [0.1, 0.15) is 28.4 Å². The molecule has 6 nitrogen and oxygen atoms in total. The van der Waals surface area contributed by atoms with Gasteiger partial charge in [0.1, 0.15) is 5.82 Å². The van der Waals surface area contributed by atoms with E-state index < -0.39 is 15.9 Å². The molecule has 38 heavy (non-hydrogen) atoms. The molecule has 2 aliphatic heterocycles. The lowest BCUT2D eigenvalue weighted by molar-refractivity contribution is 0.0675. The first kappa shape index (κ1) is 26.6. The highest BCUT2D eigenvalue weighted by atomic mass is 35.5. The molecular weight excluding hydrogens is 568 g/mol. The van der Waals surface area contributed by atoms with Gasteiger partial charge in [0, 0.05) is 29.7 Å². The van der Waals surface area contributed by atoms with Crippen LogP contribution in [0.5, 0.6) is 0 Å². The third-order valence-electron chi connectivity index (χ3n) is 6.66. The summed E-state index contributed by atoms with van der Waals surface area (Å²) < 4.78 is 37.9. The van der Waals surface area contributed by atoms with Gasteiger partial charge in [-0.25, -0.2) is 12.8 Å². The Morgan fingerprint density at radius 1 is 1.03 bits per heavy atom. The molecule has 1 unspecified atom stereocenters. The molecular formula is C27H22Cl2FN3O3S2. The average molecular weight is 591 g/mol. The summed E-state index contributed by atoms with van der Waals surface area (Å²) in [5.74, 6) is -0.657. The molecule has 0 aliphatic carbocycles. The number of sulfone groups is 1. The number of rotatable bonds is 4. The number of amides is 1. The number of halogens is 3. The number of nitrogens with one attached hydrogen (secondary N) is 1. The molecule has 1 atom stereocenters. The lowest BCUT2D eigenvalue weighted by Gasteiger charge is -2.43. The molecule has 2 aliphatic rings. The van der Waals surface area contributed by atoms with Gasteiger partial charge in [0.05, 0.1) is 27.5 Å². The fourth-order valence-corrected chi connectivity index (χ4v) is 5.93. The fourth-order valence-electron chi connectivity index (χ4n) is 4.71. The van der Waals surface area contributed by atoms with E-state index in [2.05, 4.69) is 5.32 Å². The predicted octanol–water partition coefficient (Wildman–Crippen LogP) is 5.77. The Kier molecular flexibility index (Phi) is 7.21. The summed E-state index contributed by atoms with van der Waals surface area (Å²) in [5, 5.41) is 4.30. The fraction of sp³-hybridized carbons (Fsp3) is 0.185. The Morgan fingerprint density at radius 3 is 2.42 bits per heavy atom. The van der Waals surface area contributed by atoms with Gasteiger partial charge >= 0.3 is 0 Å². The summed E-state index contributed by atoms with van der Waals surface area (Å²) in [5.41, 5.74) is 3.59. The zero-order valence-corrected chi connectivity index (χ0v) is 23.3. The van der Waals surface area contributed by atoms with Gasteiger partial charge in [0.25, 0.3) is 5.91 Å². The molecule has 0 saturated heterocycles. The molecule has 1 N–H and O–H groups in total. The Morgan fingerprint density at radius 2 is 1.76 bits per heavy atom. The maximum Gasteiger partial charge on any atom is 0.254 e. The van der Waals surface area contributed by atoms with E-state index in [1.165, 1.54) is 18.2 Å². The second-order valence-corrected chi connectivity index (χ2v) is 12.4. The highest BCUT2D eigenvalue weighted by Crippen LogP contribution is 2.38. The zero-order valence-electron chi connectivity index (χ0n) is 20.1. The van der Waals surface area contributed by atoms with Crippen molar-refractivity contribution < 1.29 is 17.6 Å². The van der Waals surface area contributed by atoms with Crippen LogP contribution < -0.4 is 10.2 Å². The lowest BCUT2D eigenvalue weighted by Crippen LogP contribution is -2.52. The summed E-state index contributed by atoms with van der Waals surface area (Å²) in [6, 6.07) is 17.0. The van der Waals surface area contributed by atoms with E-state index in [0.29, 0.717) is 34.2 Å². The third kappa shape index (κ3) is 5.29.